The second kappa shape index (κ2) is 3.69. The zero-order chi connectivity index (χ0) is 12.0. The van der Waals surface area contributed by atoms with Crippen LogP contribution in [0.4, 0.5) is 0 Å². The molecule has 16 heavy (non-hydrogen) atoms. The summed E-state index contributed by atoms with van der Waals surface area (Å²) in [7, 11) is 0. The van der Waals surface area contributed by atoms with Crippen LogP contribution in [0, 0.1) is 11.3 Å². The Balaban J connectivity index is 2.25. The van der Waals surface area contributed by atoms with Crippen molar-refractivity contribution in [2.24, 2.45) is 11.3 Å². The maximum absolute atomic E-state index is 10.3. The molecule has 1 N–H and O–H groups in total. The summed E-state index contributed by atoms with van der Waals surface area (Å²) in [5.74, 6) is -0.459. The van der Waals surface area contributed by atoms with E-state index >= 15 is 0 Å². The zero-order valence-corrected chi connectivity index (χ0v) is 10.9. The normalized spacial score (nSPS) is 33.2. The first-order valence-corrected chi connectivity index (χ1v) is 6.26. The van der Waals surface area contributed by atoms with E-state index in [0.29, 0.717) is 13.2 Å². The van der Waals surface area contributed by atoms with E-state index in [4.69, 9.17) is 9.47 Å². The molecule has 1 saturated heterocycles. The van der Waals surface area contributed by atoms with Crippen LogP contribution in [0.5, 0.6) is 0 Å². The van der Waals surface area contributed by atoms with Crippen LogP contribution in [0.15, 0.2) is 0 Å². The van der Waals surface area contributed by atoms with Crippen LogP contribution in [0.1, 0.15) is 47.0 Å². The predicted molar refractivity (Wildman–Crippen MR) is 62.1 cm³/mol. The number of rotatable bonds is 1. The van der Waals surface area contributed by atoms with Crippen molar-refractivity contribution in [3.8, 4) is 0 Å². The van der Waals surface area contributed by atoms with E-state index in [1.807, 2.05) is 13.8 Å². The predicted octanol–water partition coefficient (Wildman–Crippen LogP) is 2.33. The van der Waals surface area contributed by atoms with E-state index in [1.54, 1.807) is 0 Å². The van der Waals surface area contributed by atoms with Crippen LogP contribution in [0.25, 0.3) is 0 Å². The lowest BCUT2D eigenvalue weighted by Crippen LogP contribution is -2.54. The molecular formula is C13H24O3. The quantitative estimate of drug-likeness (QED) is 0.748. The van der Waals surface area contributed by atoms with Crippen LogP contribution in [-0.2, 0) is 9.47 Å². The number of ether oxygens (including phenoxy) is 2. The van der Waals surface area contributed by atoms with Gasteiger partial charge in [0.25, 0.3) is 0 Å². The molecule has 1 saturated carbocycles. The first-order chi connectivity index (χ1) is 7.25. The van der Waals surface area contributed by atoms with Gasteiger partial charge in [-0.15, -0.1) is 0 Å². The summed E-state index contributed by atoms with van der Waals surface area (Å²) >= 11 is 0. The topological polar surface area (TPSA) is 38.7 Å². The highest BCUT2D eigenvalue weighted by molar-refractivity contribution is 4.99. The minimum atomic E-state index is -0.748. The summed E-state index contributed by atoms with van der Waals surface area (Å²) in [6.07, 6.45) is 2.95. The van der Waals surface area contributed by atoms with Gasteiger partial charge in [-0.05, 0) is 32.1 Å². The third-order valence-electron chi connectivity index (χ3n) is 4.07. The van der Waals surface area contributed by atoms with Gasteiger partial charge in [0.05, 0.1) is 18.8 Å². The third kappa shape index (κ3) is 2.13. The Morgan fingerprint density at radius 1 is 1.12 bits per heavy atom. The lowest BCUT2D eigenvalue weighted by molar-refractivity contribution is -0.261. The summed E-state index contributed by atoms with van der Waals surface area (Å²) in [5.41, 5.74) is -0.479. The number of hydrogen-bond acceptors (Lipinski definition) is 3. The molecule has 0 aromatic carbocycles. The summed E-state index contributed by atoms with van der Waals surface area (Å²) in [4.78, 5) is 0. The Bertz CT molecular complexity index is 259. The molecule has 1 aliphatic carbocycles. The Morgan fingerprint density at radius 2 is 1.69 bits per heavy atom. The fraction of sp³-hybridized carbons (Fsp3) is 1.00. The Morgan fingerprint density at radius 3 is 2.19 bits per heavy atom. The van der Waals surface area contributed by atoms with Gasteiger partial charge in [-0.1, -0.05) is 13.8 Å². The molecule has 3 heteroatoms. The molecule has 2 aliphatic rings. The molecule has 94 valence electrons. The van der Waals surface area contributed by atoms with Gasteiger partial charge in [-0.25, -0.2) is 0 Å². The van der Waals surface area contributed by atoms with Gasteiger partial charge < -0.3 is 14.6 Å². The highest BCUT2D eigenvalue weighted by atomic mass is 16.7. The van der Waals surface area contributed by atoms with Crippen molar-refractivity contribution in [3.63, 3.8) is 0 Å². The molecule has 0 amide bonds. The molecule has 1 atom stereocenters. The maximum atomic E-state index is 10.3. The Hall–Kier alpha value is -0.120. The fourth-order valence-electron chi connectivity index (χ4n) is 3.10. The lowest BCUT2D eigenvalue weighted by Gasteiger charge is -2.50. The summed E-state index contributed by atoms with van der Waals surface area (Å²) in [6, 6.07) is 0. The molecule has 2 rings (SSSR count). The number of aliphatic hydroxyl groups is 1. The average Bonchev–Trinajstić information content (AvgIpc) is 2.58. The van der Waals surface area contributed by atoms with Crippen molar-refractivity contribution in [1.82, 2.24) is 0 Å². The largest absolute Gasteiger partial charge is 0.390 e. The van der Waals surface area contributed by atoms with Crippen molar-refractivity contribution < 1.29 is 14.6 Å². The monoisotopic (exact) mass is 228 g/mol. The second-order valence-corrected chi connectivity index (χ2v) is 6.58. The Kier molecular flexibility index (Phi) is 2.84. The van der Waals surface area contributed by atoms with Gasteiger partial charge in [-0.2, -0.15) is 0 Å². The van der Waals surface area contributed by atoms with Gasteiger partial charge in [0, 0.05) is 12.3 Å². The van der Waals surface area contributed by atoms with Crippen LogP contribution >= 0.6 is 0 Å². The van der Waals surface area contributed by atoms with E-state index in [2.05, 4.69) is 13.8 Å². The third-order valence-corrected chi connectivity index (χ3v) is 4.07. The Labute approximate surface area is 98.1 Å². The van der Waals surface area contributed by atoms with Gasteiger partial charge >= 0.3 is 0 Å². The number of hydrogen-bond donors (Lipinski definition) is 1. The summed E-state index contributed by atoms with van der Waals surface area (Å²) in [5, 5.41) is 10.3. The molecule has 1 spiro atoms. The molecule has 3 nitrogen and oxygen atoms in total. The van der Waals surface area contributed by atoms with Crippen molar-refractivity contribution in [3.05, 3.63) is 0 Å². The summed E-state index contributed by atoms with van der Waals surface area (Å²) in [6.45, 7) is 9.57. The van der Waals surface area contributed by atoms with Gasteiger partial charge in [-0.3, -0.25) is 0 Å². The molecule has 1 unspecified atom stereocenters. The van der Waals surface area contributed by atoms with E-state index < -0.39 is 11.4 Å². The van der Waals surface area contributed by atoms with Crippen molar-refractivity contribution in [2.45, 2.75) is 58.3 Å². The minimum absolute atomic E-state index is 0.0613. The van der Waals surface area contributed by atoms with Crippen LogP contribution in [0.3, 0.4) is 0 Å². The fourth-order valence-corrected chi connectivity index (χ4v) is 3.10. The maximum Gasteiger partial charge on any atom is 0.174 e. The first-order valence-electron chi connectivity index (χ1n) is 6.26. The van der Waals surface area contributed by atoms with Gasteiger partial charge in [0.2, 0.25) is 0 Å². The average molecular weight is 228 g/mol. The van der Waals surface area contributed by atoms with E-state index in [-0.39, 0.29) is 11.3 Å². The van der Waals surface area contributed by atoms with Crippen molar-refractivity contribution in [1.29, 1.82) is 0 Å². The smallest absolute Gasteiger partial charge is 0.174 e. The van der Waals surface area contributed by atoms with Crippen LogP contribution < -0.4 is 0 Å². The minimum Gasteiger partial charge on any atom is -0.390 e. The molecule has 2 fully saturated rings. The standard InChI is InChI=1S/C13H24O3/c1-11(2)5-6-13(15-7-8-16-13)10(9-11)12(3,4)14/h10,14H,5-9H2,1-4H3. The van der Waals surface area contributed by atoms with Gasteiger partial charge in [0.1, 0.15) is 0 Å². The highest BCUT2D eigenvalue weighted by Crippen LogP contribution is 2.51. The molecule has 0 aromatic heterocycles. The molecule has 0 radical (unpaired) electrons. The van der Waals surface area contributed by atoms with E-state index in [1.165, 1.54) is 0 Å². The van der Waals surface area contributed by atoms with Crippen LogP contribution in [0.2, 0.25) is 0 Å². The van der Waals surface area contributed by atoms with E-state index in [9.17, 15) is 5.11 Å². The zero-order valence-electron chi connectivity index (χ0n) is 10.9. The first kappa shape index (κ1) is 12.3. The van der Waals surface area contributed by atoms with Crippen molar-refractivity contribution in [2.75, 3.05) is 13.2 Å². The van der Waals surface area contributed by atoms with E-state index in [0.717, 1.165) is 19.3 Å². The molecule has 1 heterocycles. The summed E-state index contributed by atoms with van der Waals surface area (Å²) < 4.78 is 11.7. The molecule has 0 aromatic rings. The molecule has 0 bridgehead atoms. The SMILES string of the molecule is CC1(C)CCC2(OCCO2)C(C(C)(C)O)C1. The van der Waals surface area contributed by atoms with Crippen molar-refractivity contribution >= 4 is 0 Å². The second-order valence-electron chi connectivity index (χ2n) is 6.58. The molecular weight excluding hydrogens is 204 g/mol. The van der Waals surface area contributed by atoms with Crippen LogP contribution in [-0.4, -0.2) is 29.7 Å². The van der Waals surface area contributed by atoms with Gasteiger partial charge in [0.15, 0.2) is 5.79 Å². The molecule has 1 aliphatic heterocycles. The lowest BCUT2D eigenvalue weighted by atomic mass is 9.64. The highest BCUT2D eigenvalue weighted by Gasteiger charge is 2.55.